The molecule has 2 aromatic rings. The number of hydrogen-bond acceptors (Lipinski definition) is 2. The second-order valence-electron chi connectivity index (χ2n) is 5.26. The van der Waals surface area contributed by atoms with Crippen LogP contribution in [0.25, 0.3) is 10.9 Å². The maximum absolute atomic E-state index is 6.32. The third-order valence-corrected chi connectivity index (χ3v) is 3.60. The van der Waals surface area contributed by atoms with Gasteiger partial charge in [-0.25, -0.2) is 0 Å². The number of fused-ring (bicyclic) bond motifs is 1. The van der Waals surface area contributed by atoms with Gasteiger partial charge in [0.2, 0.25) is 0 Å². The monoisotopic (exact) mass is 276 g/mol. The molecule has 0 atom stereocenters. The highest BCUT2D eigenvalue weighted by atomic mass is 35.5. The van der Waals surface area contributed by atoms with Crippen LogP contribution >= 0.6 is 11.6 Å². The highest BCUT2D eigenvalue weighted by Gasteiger charge is 2.12. The Bertz CT molecular complexity index is 591. The molecule has 1 aromatic carbocycles. The second-order valence-corrected chi connectivity index (χ2v) is 5.67. The number of benzene rings is 1. The van der Waals surface area contributed by atoms with Crippen LogP contribution in [0, 0.1) is 6.92 Å². The maximum Gasteiger partial charge on any atom is 0.0914 e. The van der Waals surface area contributed by atoms with E-state index in [-0.39, 0.29) is 0 Å². The Labute approximate surface area is 120 Å². The Morgan fingerprint density at radius 3 is 2.68 bits per heavy atom. The summed E-state index contributed by atoms with van der Waals surface area (Å²) in [4.78, 5) is 4.73. The van der Waals surface area contributed by atoms with Crippen molar-refractivity contribution in [3.8, 4) is 0 Å². The molecule has 0 aliphatic rings. The molecular formula is C16H21ClN2. The van der Waals surface area contributed by atoms with Crippen molar-refractivity contribution in [1.29, 1.82) is 0 Å². The van der Waals surface area contributed by atoms with Gasteiger partial charge in [0.05, 0.1) is 10.5 Å². The van der Waals surface area contributed by atoms with Gasteiger partial charge in [-0.3, -0.25) is 4.98 Å². The molecule has 1 heterocycles. The van der Waals surface area contributed by atoms with Gasteiger partial charge in [0.1, 0.15) is 0 Å². The van der Waals surface area contributed by atoms with Crippen molar-refractivity contribution >= 4 is 28.2 Å². The number of nitrogens with one attached hydrogen (secondary N) is 1. The Morgan fingerprint density at radius 2 is 2.05 bits per heavy atom. The molecule has 0 unspecified atom stereocenters. The van der Waals surface area contributed by atoms with E-state index in [9.17, 15) is 0 Å². The molecule has 102 valence electrons. The average molecular weight is 277 g/mol. The first-order chi connectivity index (χ1) is 9.04. The summed E-state index contributed by atoms with van der Waals surface area (Å²) in [6.45, 7) is 9.54. The standard InChI is InChI=1S/C16H21ClN2/c1-5-8-18-14-9-13(10(2)3)19-16-12(17)7-6-11(4)15(14)16/h6-7,9-10H,5,8H2,1-4H3,(H,18,19). The molecule has 2 rings (SSSR count). The minimum absolute atomic E-state index is 0.392. The van der Waals surface area contributed by atoms with Crippen molar-refractivity contribution in [3.63, 3.8) is 0 Å². The fourth-order valence-corrected chi connectivity index (χ4v) is 2.39. The van der Waals surface area contributed by atoms with E-state index in [2.05, 4.69) is 45.1 Å². The van der Waals surface area contributed by atoms with Crippen LogP contribution in [0.2, 0.25) is 5.02 Å². The molecule has 0 aliphatic heterocycles. The van der Waals surface area contributed by atoms with Crippen molar-refractivity contribution in [2.24, 2.45) is 0 Å². The quantitative estimate of drug-likeness (QED) is 0.836. The van der Waals surface area contributed by atoms with Crippen molar-refractivity contribution < 1.29 is 0 Å². The molecule has 1 N–H and O–H groups in total. The van der Waals surface area contributed by atoms with E-state index in [1.165, 1.54) is 5.56 Å². The van der Waals surface area contributed by atoms with E-state index in [1.807, 2.05) is 6.07 Å². The molecule has 0 saturated heterocycles. The normalized spacial score (nSPS) is 11.3. The lowest BCUT2D eigenvalue weighted by atomic mass is 10.0. The molecule has 19 heavy (non-hydrogen) atoms. The summed E-state index contributed by atoms with van der Waals surface area (Å²) < 4.78 is 0. The van der Waals surface area contributed by atoms with Crippen LogP contribution in [0.4, 0.5) is 5.69 Å². The van der Waals surface area contributed by atoms with Gasteiger partial charge in [-0.15, -0.1) is 0 Å². The summed E-state index contributed by atoms with van der Waals surface area (Å²) in [6.07, 6.45) is 1.10. The van der Waals surface area contributed by atoms with Crippen molar-refractivity contribution in [2.45, 2.75) is 40.0 Å². The van der Waals surface area contributed by atoms with Gasteiger partial charge in [0.15, 0.2) is 0 Å². The summed E-state index contributed by atoms with van der Waals surface area (Å²) >= 11 is 6.32. The first-order valence-electron chi connectivity index (χ1n) is 6.88. The van der Waals surface area contributed by atoms with Gasteiger partial charge >= 0.3 is 0 Å². The summed E-state index contributed by atoms with van der Waals surface area (Å²) in [7, 11) is 0. The van der Waals surface area contributed by atoms with E-state index >= 15 is 0 Å². The van der Waals surface area contributed by atoms with E-state index < -0.39 is 0 Å². The van der Waals surface area contributed by atoms with E-state index in [0.29, 0.717) is 5.92 Å². The van der Waals surface area contributed by atoms with Crippen LogP contribution in [0.1, 0.15) is 44.4 Å². The fraction of sp³-hybridized carbons (Fsp3) is 0.438. The average Bonchev–Trinajstić information content (AvgIpc) is 2.39. The van der Waals surface area contributed by atoms with Crippen molar-refractivity contribution in [3.05, 3.63) is 34.5 Å². The van der Waals surface area contributed by atoms with Crippen LogP contribution in [-0.4, -0.2) is 11.5 Å². The van der Waals surface area contributed by atoms with E-state index in [0.717, 1.165) is 40.3 Å². The molecule has 3 heteroatoms. The number of aromatic nitrogens is 1. The number of aryl methyl sites for hydroxylation is 1. The number of anilines is 1. The van der Waals surface area contributed by atoms with Gasteiger partial charge in [0.25, 0.3) is 0 Å². The van der Waals surface area contributed by atoms with Gasteiger partial charge in [-0.1, -0.05) is 38.4 Å². The Balaban J connectivity index is 2.70. The Hall–Kier alpha value is -1.28. The molecule has 0 aliphatic carbocycles. The first kappa shape index (κ1) is 14.1. The molecule has 0 bridgehead atoms. The molecule has 2 nitrogen and oxygen atoms in total. The molecule has 0 spiro atoms. The van der Waals surface area contributed by atoms with Gasteiger partial charge in [-0.05, 0) is 37.0 Å². The molecule has 1 aromatic heterocycles. The third kappa shape index (κ3) is 2.84. The highest BCUT2D eigenvalue weighted by molar-refractivity contribution is 6.35. The predicted molar refractivity (Wildman–Crippen MR) is 84.4 cm³/mol. The SMILES string of the molecule is CCCNc1cc(C(C)C)nc2c(Cl)ccc(C)c12. The van der Waals surface area contributed by atoms with Gasteiger partial charge in [0, 0.05) is 23.3 Å². The second kappa shape index (κ2) is 5.79. The van der Waals surface area contributed by atoms with Crippen LogP contribution in [0.5, 0.6) is 0 Å². The highest BCUT2D eigenvalue weighted by Crippen LogP contribution is 2.33. The number of rotatable bonds is 4. The zero-order valence-electron chi connectivity index (χ0n) is 12.0. The lowest BCUT2D eigenvalue weighted by molar-refractivity contribution is 0.829. The lowest BCUT2D eigenvalue weighted by Gasteiger charge is -2.15. The summed E-state index contributed by atoms with van der Waals surface area (Å²) in [5.74, 6) is 0.392. The smallest absolute Gasteiger partial charge is 0.0914 e. The van der Waals surface area contributed by atoms with Crippen LogP contribution in [0.3, 0.4) is 0 Å². The molecule has 0 radical (unpaired) electrons. The predicted octanol–water partition coefficient (Wildman–Crippen LogP) is 5.14. The lowest BCUT2D eigenvalue weighted by Crippen LogP contribution is -2.04. The number of pyridine rings is 1. The maximum atomic E-state index is 6.32. The van der Waals surface area contributed by atoms with Crippen LogP contribution in [0.15, 0.2) is 18.2 Å². The minimum atomic E-state index is 0.392. The zero-order valence-corrected chi connectivity index (χ0v) is 12.8. The van der Waals surface area contributed by atoms with Crippen molar-refractivity contribution in [1.82, 2.24) is 4.98 Å². The van der Waals surface area contributed by atoms with Gasteiger partial charge in [-0.2, -0.15) is 0 Å². The fourth-order valence-electron chi connectivity index (χ4n) is 2.19. The van der Waals surface area contributed by atoms with Gasteiger partial charge < -0.3 is 5.32 Å². The number of nitrogens with zero attached hydrogens (tertiary/aromatic N) is 1. The molecular weight excluding hydrogens is 256 g/mol. The van der Waals surface area contributed by atoms with Crippen LogP contribution < -0.4 is 5.32 Å². The zero-order chi connectivity index (χ0) is 14.0. The number of halogens is 1. The minimum Gasteiger partial charge on any atom is -0.384 e. The van der Waals surface area contributed by atoms with E-state index in [4.69, 9.17) is 16.6 Å². The third-order valence-electron chi connectivity index (χ3n) is 3.30. The largest absolute Gasteiger partial charge is 0.384 e. The summed E-state index contributed by atoms with van der Waals surface area (Å²) in [5, 5.41) is 5.37. The number of hydrogen-bond donors (Lipinski definition) is 1. The van der Waals surface area contributed by atoms with E-state index in [1.54, 1.807) is 0 Å². The summed E-state index contributed by atoms with van der Waals surface area (Å²) in [5.41, 5.74) is 4.35. The van der Waals surface area contributed by atoms with Crippen LogP contribution in [-0.2, 0) is 0 Å². The Kier molecular flexibility index (Phi) is 4.31. The molecule has 0 fully saturated rings. The summed E-state index contributed by atoms with van der Waals surface area (Å²) in [6, 6.07) is 6.14. The topological polar surface area (TPSA) is 24.9 Å². The molecule has 0 saturated carbocycles. The Morgan fingerprint density at radius 1 is 1.32 bits per heavy atom. The molecule has 0 amide bonds. The first-order valence-corrected chi connectivity index (χ1v) is 7.26. The van der Waals surface area contributed by atoms with Crippen molar-refractivity contribution in [2.75, 3.05) is 11.9 Å².